The van der Waals surface area contributed by atoms with Crippen molar-refractivity contribution in [3.63, 3.8) is 0 Å². The summed E-state index contributed by atoms with van der Waals surface area (Å²) in [5, 5.41) is 1.15. The molecule has 0 N–H and O–H groups in total. The van der Waals surface area contributed by atoms with Gasteiger partial charge in [-0.2, -0.15) is 0 Å². The van der Waals surface area contributed by atoms with Crippen molar-refractivity contribution in [3.8, 4) is 33.6 Å². The van der Waals surface area contributed by atoms with Crippen molar-refractivity contribution in [1.29, 1.82) is 0 Å². The molecule has 0 bridgehead atoms. The topological polar surface area (TPSA) is 51.8 Å². The number of aromatic nitrogens is 3. The molecule has 0 aliphatic rings. The maximum atomic E-state index is 8.90. The maximum absolute atomic E-state index is 8.90. The van der Waals surface area contributed by atoms with Gasteiger partial charge in [-0.25, -0.2) is 4.98 Å². The fraction of sp³-hybridized carbons (Fsp3) is 0.204. The fourth-order valence-corrected chi connectivity index (χ4v) is 5.77. The molecule has 0 aliphatic carbocycles. The van der Waals surface area contributed by atoms with Crippen LogP contribution in [0.2, 0.25) is 0 Å². The minimum Gasteiger partial charge on any atom is -0.486 e. The second kappa shape index (κ2) is 16.4. The van der Waals surface area contributed by atoms with Crippen LogP contribution in [-0.4, -0.2) is 15.0 Å². The molecule has 0 fully saturated rings. The van der Waals surface area contributed by atoms with E-state index in [0.29, 0.717) is 38.7 Å². The quantitative estimate of drug-likeness (QED) is 0.156. The Morgan fingerprint density at radius 3 is 2.26 bits per heavy atom. The molecule has 4 aromatic carbocycles. The zero-order chi connectivity index (χ0) is 50.7. The van der Waals surface area contributed by atoms with E-state index in [2.05, 4.69) is 27.1 Å². The van der Waals surface area contributed by atoms with Crippen LogP contribution < -0.4 is 0 Å². The van der Waals surface area contributed by atoms with E-state index in [4.69, 9.17) is 26.3 Å². The van der Waals surface area contributed by atoms with Crippen LogP contribution in [0.15, 0.2) is 126 Å². The van der Waals surface area contributed by atoms with Crippen molar-refractivity contribution in [2.45, 2.75) is 60.9 Å². The van der Waals surface area contributed by atoms with Gasteiger partial charge in [-0.1, -0.05) is 122 Å². The van der Waals surface area contributed by atoms with Gasteiger partial charge >= 0.3 is 0 Å². The molecule has 0 saturated heterocycles. The zero-order valence-electron chi connectivity index (χ0n) is 45.6. The van der Waals surface area contributed by atoms with Crippen LogP contribution in [0.3, 0.4) is 0 Å². The molecule has 5 heteroatoms. The molecule has 1 radical (unpaired) electrons. The molecule has 0 aliphatic heterocycles. The average Bonchev–Trinajstić information content (AvgIpc) is 3.66. The number of pyridine rings is 3. The summed E-state index contributed by atoms with van der Waals surface area (Å²) < 4.78 is 134. The predicted molar refractivity (Wildman–Crippen MR) is 219 cm³/mol. The van der Waals surface area contributed by atoms with Gasteiger partial charge in [-0.15, -0.1) is 47.5 Å². The number of rotatable bonds is 6. The molecule has 0 unspecified atom stereocenters. The molecular weight excluding hydrogens is 839 g/mol. The van der Waals surface area contributed by atoms with E-state index in [9.17, 15) is 0 Å². The van der Waals surface area contributed by atoms with Crippen LogP contribution in [0.4, 0.5) is 0 Å². The molecule has 273 valence electrons. The van der Waals surface area contributed by atoms with Gasteiger partial charge in [0, 0.05) is 65.5 Å². The van der Waals surface area contributed by atoms with Crippen molar-refractivity contribution in [2.24, 2.45) is 5.41 Å². The molecule has 0 atom stereocenters. The average molecular weight is 900 g/mol. The van der Waals surface area contributed by atoms with E-state index in [1.54, 1.807) is 42.6 Å². The Kier molecular flexibility index (Phi) is 6.96. The first-order valence-electron chi connectivity index (χ1n) is 24.8. The summed E-state index contributed by atoms with van der Waals surface area (Å²) in [6.45, 7) is -4.19. The molecule has 0 saturated carbocycles. The second-order valence-corrected chi connectivity index (χ2v) is 13.4. The Morgan fingerprint density at radius 1 is 0.741 bits per heavy atom. The van der Waals surface area contributed by atoms with Crippen molar-refractivity contribution in [1.82, 2.24) is 15.0 Å². The fourth-order valence-electron chi connectivity index (χ4n) is 5.77. The van der Waals surface area contributed by atoms with Gasteiger partial charge in [0.1, 0.15) is 0 Å². The van der Waals surface area contributed by atoms with E-state index < -0.39 is 45.6 Å². The summed E-state index contributed by atoms with van der Waals surface area (Å²) >= 11 is 0. The van der Waals surface area contributed by atoms with Crippen LogP contribution in [0.25, 0.3) is 55.7 Å². The van der Waals surface area contributed by atoms with Crippen molar-refractivity contribution < 1.29 is 46.5 Å². The minimum atomic E-state index is -2.70. The van der Waals surface area contributed by atoms with Crippen molar-refractivity contribution in [3.05, 3.63) is 173 Å². The van der Waals surface area contributed by atoms with Crippen molar-refractivity contribution >= 4 is 22.1 Å². The van der Waals surface area contributed by atoms with Crippen molar-refractivity contribution in [2.75, 3.05) is 0 Å². The Hall–Kier alpha value is -5.22. The Morgan fingerprint density at radius 2 is 1.54 bits per heavy atom. The normalized spacial score (nSPS) is 17.1. The molecule has 4 heterocycles. The number of hydrogen-bond acceptors (Lipinski definition) is 4. The molecule has 0 spiro atoms. The van der Waals surface area contributed by atoms with Gasteiger partial charge in [-0.3, -0.25) is 0 Å². The summed E-state index contributed by atoms with van der Waals surface area (Å²) in [6, 6.07) is 35.1. The van der Waals surface area contributed by atoms with Gasteiger partial charge in [0.2, 0.25) is 5.71 Å². The summed E-state index contributed by atoms with van der Waals surface area (Å²) in [6.07, 6.45) is -1.23. The third-order valence-corrected chi connectivity index (χ3v) is 8.22. The summed E-state index contributed by atoms with van der Waals surface area (Å²) in [5.41, 5.74) is 3.23. The van der Waals surface area contributed by atoms with E-state index in [1.165, 1.54) is 42.5 Å². The third kappa shape index (κ3) is 8.93. The first-order valence-corrected chi connectivity index (χ1v) is 16.8. The number of aryl methyl sites for hydroxylation is 4. The Labute approximate surface area is 355 Å². The largest absolute Gasteiger partial charge is 0.486 e. The van der Waals surface area contributed by atoms with E-state index in [0.717, 1.165) is 11.8 Å². The van der Waals surface area contributed by atoms with Gasteiger partial charge in [0.25, 0.3) is 0 Å². The Bertz CT molecular complexity index is 3140. The van der Waals surface area contributed by atoms with E-state index in [1.807, 2.05) is 51.1 Å². The molecule has 8 rings (SSSR count). The third-order valence-electron chi connectivity index (χ3n) is 8.22. The summed E-state index contributed by atoms with van der Waals surface area (Å²) in [7, 11) is 0. The summed E-state index contributed by atoms with van der Waals surface area (Å²) in [4.78, 5) is 12.9. The molecule has 4 aromatic heterocycles. The Balaban J connectivity index is 0.000000238. The van der Waals surface area contributed by atoms with Gasteiger partial charge in [-0.05, 0) is 90.1 Å². The van der Waals surface area contributed by atoms with Crippen LogP contribution >= 0.6 is 0 Å². The standard InChI is InChI=1S/C26H21N2O.C23H24N.Ir/c1-16-7-10-19(11-8-16)13-20-14-24(27-15-17(20)2)23-6-4-5-21-22-12-9-18(3)28-26(22)29-25(21)23;1-17-10-12-20(14-21(17)19-8-6-5-7-9-19)22-13-11-18(16-24-22)15-23(2,3)4;/h4-5,7-12,14-15H,13H2,1-3H3;5-11,13-14,16H,15H2,1-4H3;/q2*-1;/i1D3,2D3,3D3,13D2;1D3,15D2;. The molecule has 4 nitrogen and oxygen atoms in total. The van der Waals surface area contributed by atoms with Gasteiger partial charge in [0.15, 0.2) is 0 Å². The monoisotopic (exact) mass is 900 g/mol. The second-order valence-electron chi connectivity index (χ2n) is 13.4. The summed E-state index contributed by atoms with van der Waals surface area (Å²) in [5.74, 6) is 0. The van der Waals surface area contributed by atoms with Crippen LogP contribution in [0, 0.1) is 45.0 Å². The predicted octanol–water partition coefficient (Wildman–Crippen LogP) is 12.5. The number of hydrogen-bond donors (Lipinski definition) is 0. The molecule has 0 amide bonds. The van der Waals surface area contributed by atoms with Crippen LogP contribution in [-0.2, 0) is 32.9 Å². The minimum absolute atomic E-state index is 0. The van der Waals surface area contributed by atoms with Gasteiger partial charge in [0.05, 0.1) is 5.58 Å². The van der Waals surface area contributed by atoms with E-state index in [-0.39, 0.29) is 70.6 Å². The SMILES string of the molecule is [2H]C([2H])([2H])c1c[c-]c(-c2ccc(C([2H])([2H])C(C)(C)C)cn2)cc1-c1ccccc1.[2H]C([2H])([2H])c1ccc(C([2H])([2H])c2cc(-c3[c-]ccc4c3oc3nc(C([2H])([2H])[2H])ccc34)ncc2C([2H])([2H])[2H])cc1.[Ir]. The van der Waals surface area contributed by atoms with Gasteiger partial charge < -0.3 is 14.4 Å². The first kappa shape index (κ1) is 22.9. The smallest absolute Gasteiger partial charge is 0.216 e. The zero-order valence-corrected chi connectivity index (χ0v) is 32.0. The molecular formula is C49H45IrN3O-2. The maximum Gasteiger partial charge on any atom is 0.216 e. The number of nitrogens with zero attached hydrogens (tertiary/aromatic N) is 3. The molecule has 8 aromatic rings. The number of benzene rings is 4. The van der Waals surface area contributed by atoms with E-state index >= 15 is 0 Å². The molecule has 54 heavy (non-hydrogen) atoms. The number of furan rings is 1. The van der Waals surface area contributed by atoms with Crippen LogP contribution in [0.1, 0.15) is 81.8 Å². The first-order chi connectivity index (χ1) is 31.9. The number of fused-ring (bicyclic) bond motifs is 3. The van der Waals surface area contributed by atoms with Crippen LogP contribution in [0.5, 0.6) is 0 Å².